The molecule has 0 amide bonds. The summed E-state index contributed by atoms with van der Waals surface area (Å²) >= 11 is 0. The molecule has 0 radical (unpaired) electrons. The van der Waals surface area contributed by atoms with Crippen LogP contribution in [0.15, 0.2) is 72.1 Å². The number of aromatic nitrogens is 3. The van der Waals surface area contributed by atoms with E-state index in [0.717, 1.165) is 46.6 Å². The van der Waals surface area contributed by atoms with Gasteiger partial charge in [-0.1, -0.05) is 66.2 Å². The molecule has 2 heterocycles. The van der Waals surface area contributed by atoms with Crippen LogP contribution in [0.25, 0.3) is 16.8 Å². The summed E-state index contributed by atoms with van der Waals surface area (Å²) in [4.78, 5) is 9.23. The minimum Gasteiger partial charge on any atom is -0.410 e. The lowest BCUT2D eigenvalue weighted by Crippen LogP contribution is -2.12. The van der Waals surface area contributed by atoms with E-state index in [-0.39, 0.29) is 0 Å². The van der Waals surface area contributed by atoms with Gasteiger partial charge in [-0.15, -0.1) is 0 Å². The first kappa shape index (κ1) is 17.4. The topological polar surface area (TPSA) is 88.8 Å². The summed E-state index contributed by atoms with van der Waals surface area (Å²) in [6, 6.07) is 17.5. The second-order valence-electron chi connectivity index (χ2n) is 7.37. The van der Waals surface area contributed by atoms with E-state index in [1.165, 1.54) is 6.42 Å². The monoisotopic (exact) mass is 383 g/mol. The highest BCUT2D eigenvalue weighted by Crippen LogP contribution is 2.39. The van der Waals surface area contributed by atoms with Crippen molar-refractivity contribution < 1.29 is 5.21 Å². The number of rotatable bonds is 4. The van der Waals surface area contributed by atoms with Crippen molar-refractivity contribution in [2.45, 2.75) is 25.2 Å². The number of fused-ring (bicyclic) bond motifs is 1. The number of hydrogen-bond acceptors (Lipinski definition) is 5. The summed E-state index contributed by atoms with van der Waals surface area (Å²) < 4.78 is 2.08. The normalized spacial score (nSPS) is 14.8. The number of hydrogen-bond donors (Lipinski definition) is 2. The van der Waals surface area contributed by atoms with Crippen LogP contribution in [0.1, 0.15) is 42.1 Å². The minimum atomic E-state index is 0.475. The van der Waals surface area contributed by atoms with Gasteiger partial charge < -0.3 is 10.9 Å². The maximum Gasteiger partial charge on any atom is 0.150 e. The van der Waals surface area contributed by atoms with Crippen molar-refractivity contribution in [2.24, 2.45) is 5.16 Å². The highest BCUT2D eigenvalue weighted by molar-refractivity contribution is 6.12. The Kier molecular flexibility index (Phi) is 4.24. The van der Waals surface area contributed by atoms with Crippen LogP contribution in [0.5, 0.6) is 0 Å². The van der Waals surface area contributed by atoms with Gasteiger partial charge in [0.25, 0.3) is 0 Å². The Morgan fingerprint density at radius 3 is 2.41 bits per heavy atom. The Hall–Kier alpha value is -3.67. The maximum atomic E-state index is 9.54. The van der Waals surface area contributed by atoms with Crippen molar-refractivity contribution in [3.05, 3.63) is 83.9 Å². The number of benzene rings is 2. The number of oxime groups is 1. The molecule has 0 aliphatic heterocycles. The average Bonchev–Trinajstić information content (AvgIpc) is 3.09. The second kappa shape index (κ2) is 7.05. The quantitative estimate of drug-likeness (QED) is 0.309. The molecule has 1 fully saturated rings. The van der Waals surface area contributed by atoms with Crippen LogP contribution in [0.3, 0.4) is 0 Å². The Morgan fingerprint density at radius 1 is 1.03 bits per heavy atom. The molecule has 29 heavy (non-hydrogen) atoms. The molecule has 5 rings (SSSR count). The van der Waals surface area contributed by atoms with Gasteiger partial charge in [0.1, 0.15) is 28.6 Å². The Balaban J connectivity index is 1.58. The Labute approximate surface area is 168 Å². The third kappa shape index (κ3) is 2.93. The van der Waals surface area contributed by atoms with E-state index in [2.05, 4.69) is 14.5 Å². The van der Waals surface area contributed by atoms with E-state index < -0.39 is 0 Å². The SMILES string of the molecule is Nc1nccn2c(C3CCC3)nc(-c3ccc(C(=NO)c4ccccc4)cc3)c12. The summed E-state index contributed by atoms with van der Waals surface area (Å²) in [5.41, 5.74) is 11.1. The molecule has 6 nitrogen and oxygen atoms in total. The van der Waals surface area contributed by atoms with Crippen LogP contribution in [0.4, 0.5) is 5.82 Å². The van der Waals surface area contributed by atoms with Crippen molar-refractivity contribution >= 4 is 17.0 Å². The van der Waals surface area contributed by atoms with Gasteiger partial charge in [-0.3, -0.25) is 4.40 Å². The molecule has 144 valence electrons. The molecular weight excluding hydrogens is 362 g/mol. The molecule has 0 bridgehead atoms. The number of imidazole rings is 1. The van der Waals surface area contributed by atoms with Gasteiger partial charge in [-0.2, -0.15) is 0 Å². The van der Waals surface area contributed by atoms with E-state index in [0.29, 0.717) is 17.4 Å². The summed E-state index contributed by atoms with van der Waals surface area (Å²) in [7, 11) is 0. The fourth-order valence-electron chi connectivity index (χ4n) is 3.91. The lowest BCUT2D eigenvalue weighted by Gasteiger charge is -2.23. The van der Waals surface area contributed by atoms with Crippen LogP contribution in [-0.2, 0) is 0 Å². The van der Waals surface area contributed by atoms with Gasteiger partial charge in [0.05, 0.1) is 0 Å². The molecule has 0 unspecified atom stereocenters. The molecule has 0 spiro atoms. The fourth-order valence-corrected chi connectivity index (χ4v) is 3.91. The molecule has 2 aromatic heterocycles. The van der Waals surface area contributed by atoms with Crippen molar-refractivity contribution in [1.29, 1.82) is 0 Å². The highest BCUT2D eigenvalue weighted by atomic mass is 16.4. The van der Waals surface area contributed by atoms with Crippen molar-refractivity contribution in [2.75, 3.05) is 5.73 Å². The summed E-state index contributed by atoms with van der Waals surface area (Å²) in [5, 5.41) is 13.1. The van der Waals surface area contributed by atoms with Gasteiger partial charge in [0.15, 0.2) is 0 Å². The third-order valence-corrected chi connectivity index (χ3v) is 5.66. The fraction of sp³-hybridized carbons (Fsp3) is 0.174. The van der Waals surface area contributed by atoms with E-state index in [1.807, 2.05) is 60.8 Å². The third-order valence-electron chi connectivity index (χ3n) is 5.66. The number of anilines is 1. The molecule has 1 aliphatic rings. The predicted molar refractivity (Wildman–Crippen MR) is 113 cm³/mol. The molecule has 2 aromatic carbocycles. The molecular formula is C23H21N5O. The Morgan fingerprint density at radius 2 is 1.76 bits per heavy atom. The van der Waals surface area contributed by atoms with Gasteiger partial charge >= 0.3 is 0 Å². The molecule has 0 saturated heterocycles. The van der Waals surface area contributed by atoms with Crippen molar-refractivity contribution in [1.82, 2.24) is 14.4 Å². The summed E-state index contributed by atoms with van der Waals surface area (Å²) in [6.07, 6.45) is 7.23. The number of nitrogen functional groups attached to an aromatic ring is 1. The van der Waals surface area contributed by atoms with E-state index >= 15 is 0 Å². The lowest BCUT2D eigenvalue weighted by atomic mass is 9.85. The first-order chi connectivity index (χ1) is 14.3. The lowest BCUT2D eigenvalue weighted by molar-refractivity contribution is 0.319. The number of nitrogens with two attached hydrogens (primary N) is 1. The van der Waals surface area contributed by atoms with E-state index in [4.69, 9.17) is 10.7 Å². The molecule has 0 atom stereocenters. The smallest absolute Gasteiger partial charge is 0.150 e. The standard InChI is InChI=1S/C23H21N5O/c24-22-21-20(26-23(18-7-4-8-18)28(21)14-13-25-22)17-11-9-16(10-12-17)19(27-29)15-5-2-1-3-6-15/h1-3,5-6,9-14,18,29H,4,7-8H2,(H2,24,25). The minimum absolute atomic E-state index is 0.475. The molecule has 6 heteroatoms. The van der Waals surface area contributed by atoms with Crippen LogP contribution >= 0.6 is 0 Å². The van der Waals surface area contributed by atoms with Crippen LogP contribution in [0, 0.1) is 0 Å². The van der Waals surface area contributed by atoms with Gasteiger partial charge in [0.2, 0.25) is 0 Å². The van der Waals surface area contributed by atoms with Crippen LogP contribution in [0.2, 0.25) is 0 Å². The van der Waals surface area contributed by atoms with Crippen molar-refractivity contribution in [3.63, 3.8) is 0 Å². The zero-order chi connectivity index (χ0) is 19.8. The molecule has 4 aromatic rings. The van der Waals surface area contributed by atoms with E-state index in [1.54, 1.807) is 6.20 Å². The average molecular weight is 383 g/mol. The molecule has 3 N–H and O–H groups in total. The van der Waals surface area contributed by atoms with Gasteiger partial charge in [-0.05, 0) is 12.8 Å². The summed E-state index contributed by atoms with van der Waals surface area (Å²) in [5.74, 6) is 2.01. The largest absolute Gasteiger partial charge is 0.410 e. The second-order valence-corrected chi connectivity index (χ2v) is 7.37. The Bertz CT molecular complexity index is 1190. The highest BCUT2D eigenvalue weighted by Gasteiger charge is 2.26. The molecule has 1 saturated carbocycles. The van der Waals surface area contributed by atoms with Gasteiger partial charge in [0, 0.05) is 35.0 Å². The zero-order valence-electron chi connectivity index (χ0n) is 15.9. The predicted octanol–water partition coefficient (Wildman–Crippen LogP) is 4.47. The van der Waals surface area contributed by atoms with Crippen molar-refractivity contribution in [3.8, 4) is 11.3 Å². The zero-order valence-corrected chi connectivity index (χ0v) is 15.9. The van der Waals surface area contributed by atoms with Gasteiger partial charge in [-0.25, -0.2) is 9.97 Å². The first-order valence-electron chi connectivity index (χ1n) is 9.77. The van der Waals surface area contributed by atoms with Crippen LogP contribution in [-0.4, -0.2) is 25.3 Å². The van der Waals surface area contributed by atoms with Crippen LogP contribution < -0.4 is 5.73 Å². The summed E-state index contributed by atoms with van der Waals surface area (Å²) in [6.45, 7) is 0. The molecule has 1 aliphatic carbocycles. The first-order valence-corrected chi connectivity index (χ1v) is 9.77. The van der Waals surface area contributed by atoms with E-state index in [9.17, 15) is 5.21 Å². The maximum absolute atomic E-state index is 9.54. The number of nitrogens with zero attached hydrogens (tertiary/aromatic N) is 4.